The van der Waals surface area contributed by atoms with Crippen molar-refractivity contribution in [3.05, 3.63) is 47.7 Å². The molecule has 0 bridgehead atoms. The number of rotatable bonds is 6. The minimum absolute atomic E-state index is 0.598. The van der Waals surface area contributed by atoms with E-state index in [9.17, 15) is 0 Å². The highest BCUT2D eigenvalue weighted by atomic mass is 16.5. The molecule has 5 nitrogen and oxygen atoms in total. The third-order valence-corrected chi connectivity index (χ3v) is 4.62. The van der Waals surface area contributed by atoms with Crippen LogP contribution in [0.15, 0.2) is 36.5 Å². The minimum atomic E-state index is 0.598. The van der Waals surface area contributed by atoms with Crippen molar-refractivity contribution in [2.75, 3.05) is 32.1 Å². The Bertz CT molecular complexity index is 636. The van der Waals surface area contributed by atoms with Gasteiger partial charge in [0, 0.05) is 25.4 Å². The van der Waals surface area contributed by atoms with Crippen molar-refractivity contribution in [2.24, 2.45) is 5.92 Å². The van der Waals surface area contributed by atoms with Gasteiger partial charge in [-0.2, -0.15) is 4.98 Å². The van der Waals surface area contributed by atoms with E-state index in [0.717, 1.165) is 26.2 Å². The number of likely N-dealkylation sites (tertiary alicyclic amines) is 1. The predicted molar refractivity (Wildman–Crippen MR) is 96.3 cm³/mol. The molecule has 0 radical (unpaired) electrons. The summed E-state index contributed by atoms with van der Waals surface area (Å²) in [6.45, 7) is 6.41. The second kappa shape index (κ2) is 8.11. The number of anilines is 1. The van der Waals surface area contributed by atoms with Crippen molar-refractivity contribution in [1.82, 2.24) is 14.9 Å². The fourth-order valence-corrected chi connectivity index (χ4v) is 3.08. The molecule has 2 aromatic rings. The van der Waals surface area contributed by atoms with Gasteiger partial charge in [-0.3, -0.25) is 4.90 Å². The first-order chi connectivity index (χ1) is 11.7. The summed E-state index contributed by atoms with van der Waals surface area (Å²) in [5, 5.41) is 3.34. The van der Waals surface area contributed by atoms with Gasteiger partial charge in [0.25, 0.3) is 0 Å². The summed E-state index contributed by atoms with van der Waals surface area (Å²) in [4.78, 5) is 11.1. The molecule has 1 aliphatic rings. The molecule has 1 aromatic carbocycles. The summed E-state index contributed by atoms with van der Waals surface area (Å²) in [6, 6.07) is 10.6. The van der Waals surface area contributed by atoms with Gasteiger partial charge in [0.15, 0.2) is 0 Å². The molecule has 1 fully saturated rings. The maximum absolute atomic E-state index is 5.13. The lowest BCUT2D eigenvalue weighted by molar-refractivity contribution is 0.182. The molecule has 0 atom stereocenters. The first-order valence-corrected chi connectivity index (χ1v) is 8.62. The number of nitrogens with one attached hydrogen (secondary N) is 1. The van der Waals surface area contributed by atoms with Crippen molar-refractivity contribution < 1.29 is 4.74 Å². The Morgan fingerprint density at radius 3 is 2.62 bits per heavy atom. The molecule has 24 heavy (non-hydrogen) atoms. The lowest BCUT2D eigenvalue weighted by atomic mass is 9.96. The topological polar surface area (TPSA) is 50.3 Å². The van der Waals surface area contributed by atoms with Crippen LogP contribution in [0.4, 0.5) is 5.95 Å². The predicted octanol–water partition coefficient (Wildman–Crippen LogP) is 3.12. The number of benzene rings is 1. The highest BCUT2D eigenvalue weighted by Crippen LogP contribution is 2.20. The van der Waals surface area contributed by atoms with E-state index >= 15 is 0 Å². The third kappa shape index (κ3) is 4.68. The number of hydrogen-bond acceptors (Lipinski definition) is 5. The Kier molecular flexibility index (Phi) is 5.64. The summed E-state index contributed by atoms with van der Waals surface area (Å²) in [5.74, 6) is 1.92. The van der Waals surface area contributed by atoms with Gasteiger partial charge in [-0.25, -0.2) is 4.98 Å². The SMILES string of the molecule is COc1ccnc(NCC2CCN(Cc3ccc(C)cc3)CC2)n1. The first-order valence-electron chi connectivity index (χ1n) is 8.62. The Hall–Kier alpha value is -2.14. The Morgan fingerprint density at radius 1 is 1.17 bits per heavy atom. The molecule has 1 saturated heterocycles. The van der Waals surface area contributed by atoms with E-state index in [-0.39, 0.29) is 0 Å². The van der Waals surface area contributed by atoms with Crippen LogP contribution >= 0.6 is 0 Å². The lowest BCUT2D eigenvalue weighted by Crippen LogP contribution is -2.35. The molecule has 0 aliphatic carbocycles. The Morgan fingerprint density at radius 2 is 1.92 bits per heavy atom. The molecule has 5 heteroatoms. The standard InChI is InChI=1S/C19H26N4O/c1-15-3-5-17(6-4-15)14-23-11-8-16(9-12-23)13-21-19-20-10-7-18(22-19)24-2/h3-7,10,16H,8-9,11-14H2,1-2H3,(H,20,21,22). The van der Waals surface area contributed by atoms with Gasteiger partial charge in [0.1, 0.15) is 0 Å². The van der Waals surface area contributed by atoms with Crippen LogP contribution in [0.2, 0.25) is 0 Å². The molecule has 2 heterocycles. The molecule has 0 saturated carbocycles. The molecule has 1 N–H and O–H groups in total. The van der Waals surface area contributed by atoms with Crippen LogP contribution in [0.5, 0.6) is 5.88 Å². The summed E-state index contributed by atoms with van der Waals surface area (Å²) < 4.78 is 5.13. The van der Waals surface area contributed by atoms with Crippen molar-refractivity contribution in [3.8, 4) is 5.88 Å². The first kappa shape index (κ1) is 16.7. The quantitative estimate of drug-likeness (QED) is 0.884. The third-order valence-electron chi connectivity index (χ3n) is 4.62. The van der Waals surface area contributed by atoms with E-state index in [1.54, 1.807) is 19.4 Å². The molecule has 0 amide bonds. The van der Waals surface area contributed by atoms with Gasteiger partial charge in [-0.1, -0.05) is 29.8 Å². The lowest BCUT2D eigenvalue weighted by Gasteiger charge is -2.32. The van der Waals surface area contributed by atoms with Crippen LogP contribution in [0.25, 0.3) is 0 Å². The van der Waals surface area contributed by atoms with Gasteiger partial charge >= 0.3 is 0 Å². The van der Waals surface area contributed by atoms with E-state index in [4.69, 9.17) is 4.74 Å². The van der Waals surface area contributed by atoms with Gasteiger partial charge < -0.3 is 10.1 Å². The summed E-state index contributed by atoms with van der Waals surface area (Å²) in [6.07, 6.45) is 4.14. The van der Waals surface area contributed by atoms with Crippen LogP contribution in [-0.2, 0) is 6.54 Å². The van der Waals surface area contributed by atoms with E-state index in [0.29, 0.717) is 17.7 Å². The van der Waals surface area contributed by atoms with E-state index < -0.39 is 0 Å². The smallest absolute Gasteiger partial charge is 0.225 e. The number of piperidine rings is 1. The second-order valence-corrected chi connectivity index (χ2v) is 6.51. The van der Waals surface area contributed by atoms with Crippen molar-refractivity contribution in [2.45, 2.75) is 26.3 Å². The van der Waals surface area contributed by atoms with Crippen LogP contribution in [0.3, 0.4) is 0 Å². The van der Waals surface area contributed by atoms with Gasteiger partial charge in [0.05, 0.1) is 7.11 Å². The summed E-state index contributed by atoms with van der Waals surface area (Å²) in [7, 11) is 1.62. The summed E-state index contributed by atoms with van der Waals surface area (Å²) >= 11 is 0. The van der Waals surface area contributed by atoms with Crippen molar-refractivity contribution in [3.63, 3.8) is 0 Å². The Balaban J connectivity index is 1.42. The van der Waals surface area contributed by atoms with Crippen LogP contribution < -0.4 is 10.1 Å². The molecule has 1 aliphatic heterocycles. The number of aryl methyl sites for hydroxylation is 1. The fraction of sp³-hybridized carbons (Fsp3) is 0.474. The van der Waals surface area contributed by atoms with Gasteiger partial charge in [-0.15, -0.1) is 0 Å². The maximum Gasteiger partial charge on any atom is 0.225 e. The second-order valence-electron chi connectivity index (χ2n) is 6.51. The zero-order chi connectivity index (χ0) is 16.8. The molecule has 0 spiro atoms. The minimum Gasteiger partial charge on any atom is -0.481 e. The maximum atomic E-state index is 5.13. The monoisotopic (exact) mass is 326 g/mol. The molecule has 1 aromatic heterocycles. The zero-order valence-corrected chi connectivity index (χ0v) is 14.5. The highest BCUT2D eigenvalue weighted by molar-refractivity contribution is 5.27. The molecule has 0 unspecified atom stereocenters. The fourth-order valence-electron chi connectivity index (χ4n) is 3.08. The zero-order valence-electron chi connectivity index (χ0n) is 14.5. The molecular formula is C19H26N4O. The van der Waals surface area contributed by atoms with E-state index in [2.05, 4.69) is 51.4 Å². The number of aromatic nitrogens is 2. The number of ether oxygens (including phenoxy) is 1. The molecule has 128 valence electrons. The molecular weight excluding hydrogens is 300 g/mol. The number of methoxy groups -OCH3 is 1. The number of nitrogens with zero attached hydrogens (tertiary/aromatic N) is 3. The van der Waals surface area contributed by atoms with Crippen LogP contribution in [0.1, 0.15) is 24.0 Å². The van der Waals surface area contributed by atoms with E-state index in [1.165, 1.54) is 24.0 Å². The normalized spacial score (nSPS) is 16.1. The summed E-state index contributed by atoms with van der Waals surface area (Å²) in [5.41, 5.74) is 2.73. The van der Waals surface area contributed by atoms with Crippen LogP contribution in [-0.4, -0.2) is 41.6 Å². The van der Waals surface area contributed by atoms with Crippen molar-refractivity contribution >= 4 is 5.95 Å². The average Bonchev–Trinajstić information content (AvgIpc) is 2.63. The van der Waals surface area contributed by atoms with Crippen LogP contribution in [0, 0.1) is 12.8 Å². The van der Waals surface area contributed by atoms with Gasteiger partial charge in [-0.05, 0) is 44.3 Å². The van der Waals surface area contributed by atoms with E-state index in [1.807, 2.05) is 0 Å². The highest BCUT2D eigenvalue weighted by Gasteiger charge is 2.19. The number of hydrogen-bond donors (Lipinski definition) is 1. The average molecular weight is 326 g/mol. The van der Waals surface area contributed by atoms with Gasteiger partial charge in [0.2, 0.25) is 11.8 Å². The molecule has 3 rings (SSSR count). The van der Waals surface area contributed by atoms with Crippen molar-refractivity contribution in [1.29, 1.82) is 0 Å². The Labute approximate surface area is 144 Å². The largest absolute Gasteiger partial charge is 0.481 e.